The van der Waals surface area contributed by atoms with Crippen molar-refractivity contribution in [2.45, 2.75) is 0 Å². The van der Waals surface area contributed by atoms with Crippen LogP contribution < -0.4 is 15.1 Å². The summed E-state index contributed by atoms with van der Waals surface area (Å²) in [5.74, 6) is 3.52. The van der Waals surface area contributed by atoms with Gasteiger partial charge in [-0.15, -0.1) is 0 Å². The van der Waals surface area contributed by atoms with Gasteiger partial charge in [0.1, 0.15) is 17.5 Å². The molecule has 0 radical (unpaired) electrons. The Balaban J connectivity index is 1.53. The summed E-state index contributed by atoms with van der Waals surface area (Å²) in [7, 11) is 1.70. The van der Waals surface area contributed by atoms with Gasteiger partial charge in [-0.1, -0.05) is 36.4 Å². The van der Waals surface area contributed by atoms with Gasteiger partial charge in [0.2, 0.25) is 0 Å². The summed E-state index contributed by atoms with van der Waals surface area (Å²) in [4.78, 5) is 18.7. The summed E-state index contributed by atoms with van der Waals surface area (Å²) in [5, 5.41) is 3.35. The number of piperazine rings is 1. The lowest BCUT2D eigenvalue weighted by Gasteiger charge is -2.36. The maximum Gasteiger partial charge on any atom is 0.163 e. The second kappa shape index (κ2) is 9.34. The number of hydrogen-bond donors (Lipinski definition) is 1. The second-order valence-corrected chi connectivity index (χ2v) is 6.88. The molecule has 29 heavy (non-hydrogen) atoms. The van der Waals surface area contributed by atoms with E-state index < -0.39 is 0 Å². The maximum atomic E-state index is 5.15. The Morgan fingerprint density at radius 2 is 1.62 bits per heavy atom. The van der Waals surface area contributed by atoms with Gasteiger partial charge < -0.3 is 19.9 Å². The van der Waals surface area contributed by atoms with E-state index in [9.17, 15) is 0 Å². The number of methoxy groups -OCH3 is 1. The molecule has 1 aliphatic rings. The van der Waals surface area contributed by atoms with Crippen LogP contribution in [0.4, 0.5) is 17.5 Å². The molecule has 7 heteroatoms. The quantitative estimate of drug-likeness (QED) is 0.622. The highest BCUT2D eigenvalue weighted by atomic mass is 16.5. The lowest BCUT2D eigenvalue weighted by atomic mass is 10.2. The molecular formula is C22H26N6O. The molecule has 3 aromatic rings. The van der Waals surface area contributed by atoms with Crippen molar-refractivity contribution in [1.82, 2.24) is 15.0 Å². The minimum atomic E-state index is 0.628. The Kier molecular flexibility index (Phi) is 6.16. The van der Waals surface area contributed by atoms with E-state index in [1.807, 2.05) is 54.7 Å². The molecule has 0 atom stereocenters. The number of pyridine rings is 1. The van der Waals surface area contributed by atoms with Crippen molar-refractivity contribution in [2.75, 3.05) is 61.6 Å². The highest BCUT2D eigenvalue weighted by Crippen LogP contribution is 2.24. The fourth-order valence-corrected chi connectivity index (χ4v) is 3.39. The standard InChI is InChI=1S/C22H26N6O/c1-29-16-11-23-19-17-21(26-22(25-19)18-7-3-2-4-8-18)28-14-12-27(13-15-28)20-9-5-6-10-24-20/h2-10,17H,11-16H2,1H3,(H,23,25,26). The minimum absolute atomic E-state index is 0.628. The van der Waals surface area contributed by atoms with Crippen molar-refractivity contribution in [3.05, 3.63) is 60.8 Å². The highest BCUT2D eigenvalue weighted by Gasteiger charge is 2.20. The maximum absolute atomic E-state index is 5.15. The molecule has 1 fully saturated rings. The van der Waals surface area contributed by atoms with Crippen molar-refractivity contribution >= 4 is 17.5 Å². The van der Waals surface area contributed by atoms with Crippen LogP contribution in [0.5, 0.6) is 0 Å². The topological polar surface area (TPSA) is 66.4 Å². The number of benzene rings is 1. The second-order valence-electron chi connectivity index (χ2n) is 6.88. The number of nitrogens with zero attached hydrogens (tertiary/aromatic N) is 5. The third-order valence-electron chi connectivity index (χ3n) is 4.93. The van der Waals surface area contributed by atoms with Crippen molar-refractivity contribution in [2.24, 2.45) is 0 Å². The fraction of sp³-hybridized carbons (Fsp3) is 0.318. The van der Waals surface area contributed by atoms with Crippen LogP contribution >= 0.6 is 0 Å². The van der Waals surface area contributed by atoms with E-state index in [1.54, 1.807) is 7.11 Å². The largest absolute Gasteiger partial charge is 0.383 e. The van der Waals surface area contributed by atoms with Gasteiger partial charge >= 0.3 is 0 Å². The van der Waals surface area contributed by atoms with Crippen LogP contribution in [0, 0.1) is 0 Å². The molecule has 0 saturated carbocycles. The molecule has 1 aliphatic heterocycles. The lowest BCUT2D eigenvalue weighted by Crippen LogP contribution is -2.47. The van der Waals surface area contributed by atoms with E-state index in [4.69, 9.17) is 14.7 Å². The van der Waals surface area contributed by atoms with Crippen LogP contribution in [0.2, 0.25) is 0 Å². The van der Waals surface area contributed by atoms with Gasteiger partial charge in [0.25, 0.3) is 0 Å². The summed E-state index contributed by atoms with van der Waals surface area (Å²) in [6.45, 7) is 4.93. The smallest absolute Gasteiger partial charge is 0.163 e. The van der Waals surface area contributed by atoms with E-state index in [2.05, 4.69) is 26.2 Å². The average Bonchev–Trinajstić information content (AvgIpc) is 2.80. The number of rotatable bonds is 7. The van der Waals surface area contributed by atoms with E-state index in [0.29, 0.717) is 13.2 Å². The zero-order valence-electron chi connectivity index (χ0n) is 16.7. The third-order valence-corrected chi connectivity index (χ3v) is 4.93. The summed E-state index contributed by atoms with van der Waals surface area (Å²) in [5.41, 5.74) is 1.01. The van der Waals surface area contributed by atoms with E-state index in [0.717, 1.165) is 55.0 Å². The van der Waals surface area contributed by atoms with Crippen molar-refractivity contribution < 1.29 is 4.74 Å². The normalized spacial score (nSPS) is 14.1. The van der Waals surface area contributed by atoms with Crippen LogP contribution in [0.3, 0.4) is 0 Å². The first-order valence-corrected chi connectivity index (χ1v) is 9.92. The first kappa shape index (κ1) is 19.1. The molecule has 0 spiro atoms. The lowest BCUT2D eigenvalue weighted by molar-refractivity contribution is 0.210. The predicted octanol–water partition coefficient (Wildman–Crippen LogP) is 2.92. The Hall–Kier alpha value is -3.19. The molecule has 2 aromatic heterocycles. The van der Waals surface area contributed by atoms with Crippen LogP contribution in [0.25, 0.3) is 11.4 Å². The number of anilines is 3. The zero-order valence-corrected chi connectivity index (χ0v) is 16.7. The first-order valence-electron chi connectivity index (χ1n) is 9.92. The molecule has 1 N–H and O–H groups in total. The fourth-order valence-electron chi connectivity index (χ4n) is 3.39. The number of aromatic nitrogens is 3. The summed E-state index contributed by atoms with van der Waals surface area (Å²) in [6.07, 6.45) is 1.84. The van der Waals surface area contributed by atoms with Crippen LogP contribution in [0.15, 0.2) is 60.8 Å². The van der Waals surface area contributed by atoms with E-state index >= 15 is 0 Å². The molecular weight excluding hydrogens is 364 g/mol. The van der Waals surface area contributed by atoms with Gasteiger partial charge in [0, 0.05) is 57.7 Å². The SMILES string of the molecule is COCCNc1cc(N2CCN(c3ccccn3)CC2)nc(-c2ccccc2)n1. The Morgan fingerprint density at radius 1 is 0.897 bits per heavy atom. The van der Waals surface area contributed by atoms with E-state index in [-0.39, 0.29) is 0 Å². The third kappa shape index (κ3) is 4.81. The molecule has 1 aromatic carbocycles. The van der Waals surface area contributed by atoms with E-state index in [1.165, 1.54) is 0 Å². The highest BCUT2D eigenvalue weighted by molar-refractivity contribution is 5.62. The molecule has 0 amide bonds. The monoisotopic (exact) mass is 390 g/mol. The minimum Gasteiger partial charge on any atom is -0.383 e. The van der Waals surface area contributed by atoms with Crippen LogP contribution in [-0.2, 0) is 4.74 Å². The van der Waals surface area contributed by atoms with Gasteiger partial charge in [-0.3, -0.25) is 0 Å². The average molecular weight is 390 g/mol. The predicted molar refractivity (Wildman–Crippen MR) is 116 cm³/mol. The van der Waals surface area contributed by atoms with Gasteiger partial charge in [-0.2, -0.15) is 0 Å². The van der Waals surface area contributed by atoms with Crippen molar-refractivity contribution in [3.63, 3.8) is 0 Å². The summed E-state index contributed by atoms with van der Waals surface area (Å²) >= 11 is 0. The van der Waals surface area contributed by atoms with Gasteiger partial charge in [-0.25, -0.2) is 15.0 Å². The van der Waals surface area contributed by atoms with Crippen molar-refractivity contribution in [3.8, 4) is 11.4 Å². The molecule has 3 heterocycles. The molecule has 7 nitrogen and oxygen atoms in total. The van der Waals surface area contributed by atoms with Gasteiger partial charge in [0.15, 0.2) is 5.82 Å². The van der Waals surface area contributed by atoms with Crippen molar-refractivity contribution in [1.29, 1.82) is 0 Å². The molecule has 4 rings (SSSR count). The first-order chi connectivity index (χ1) is 14.3. The zero-order chi connectivity index (χ0) is 19.9. The Morgan fingerprint density at radius 3 is 2.31 bits per heavy atom. The van der Waals surface area contributed by atoms with Crippen LogP contribution in [-0.4, -0.2) is 61.4 Å². The molecule has 0 unspecified atom stereocenters. The molecule has 150 valence electrons. The Bertz CT molecular complexity index is 898. The number of hydrogen-bond acceptors (Lipinski definition) is 7. The molecule has 0 bridgehead atoms. The molecule has 0 aliphatic carbocycles. The Labute approximate surface area is 171 Å². The van der Waals surface area contributed by atoms with Gasteiger partial charge in [-0.05, 0) is 12.1 Å². The van der Waals surface area contributed by atoms with Gasteiger partial charge in [0.05, 0.1) is 6.61 Å². The summed E-state index contributed by atoms with van der Waals surface area (Å²) in [6, 6.07) is 18.2. The summed E-state index contributed by atoms with van der Waals surface area (Å²) < 4.78 is 5.15. The molecule has 1 saturated heterocycles. The van der Waals surface area contributed by atoms with Crippen LogP contribution in [0.1, 0.15) is 0 Å². The number of ether oxygens (including phenoxy) is 1. The number of nitrogens with one attached hydrogen (secondary N) is 1.